The Morgan fingerprint density at radius 3 is 2.79 bits per heavy atom. The number of benzene rings is 1. The summed E-state index contributed by atoms with van der Waals surface area (Å²) in [7, 11) is 0. The van der Waals surface area contributed by atoms with E-state index in [2.05, 4.69) is 12.1 Å². The molecule has 1 atom stereocenters. The molecule has 0 spiro atoms. The highest BCUT2D eigenvalue weighted by Gasteiger charge is 2.20. The van der Waals surface area contributed by atoms with Crippen LogP contribution in [0.3, 0.4) is 0 Å². The molecule has 0 aliphatic carbocycles. The topological polar surface area (TPSA) is 26.3 Å². The van der Waals surface area contributed by atoms with Gasteiger partial charge in [-0.05, 0) is 24.3 Å². The number of ether oxygens (including phenoxy) is 1. The highest BCUT2D eigenvalue weighted by molar-refractivity contribution is 5.70. The molecule has 2 nitrogen and oxygen atoms in total. The zero-order chi connectivity index (χ0) is 9.80. The number of hydrogen-bond acceptors (Lipinski definition) is 2. The van der Waals surface area contributed by atoms with E-state index < -0.39 is 0 Å². The minimum atomic E-state index is -0.0443. The third-order valence-corrected chi connectivity index (χ3v) is 2.61. The Balaban J connectivity index is 1.94. The van der Waals surface area contributed by atoms with Crippen molar-refractivity contribution in [2.45, 2.75) is 19.3 Å². The summed E-state index contributed by atoms with van der Waals surface area (Å²) >= 11 is 0. The van der Waals surface area contributed by atoms with Crippen molar-refractivity contribution in [3.8, 4) is 0 Å². The van der Waals surface area contributed by atoms with Crippen molar-refractivity contribution in [3.05, 3.63) is 35.9 Å². The van der Waals surface area contributed by atoms with Crippen molar-refractivity contribution in [1.82, 2.24) is 0 Å². The van der Waals surface area contributed by atoms with Gasteiger partial charge in [-0.1, -0.05) is 30.3 Å². The molecule has 74 valence electrons. The molecule has 1 aliphatic heterocycles. The molecule has 1 heterocycles. The number of hydrogen-bond donors (Lipinski definition) is 0. The normalized spacial score (nSPS) is 21.7. The Morgan fingerprint density at radius 1 is 1.29 bits per heavy atom. The average Bonchev–Trinajstić information content (AvgIpc) is 2.19. The van der Waals surface area contributed by atoms with Crippen LogP contribution in [0, 0.1) is 5.92 Å². The first kappa shape index (κ1) is 9.25. The molecular weight excluding hydrogens is 176 g/mol. The lowest BCUT2D eigenvalue weighted by Gasteiger charge is -2.21. The van der Waals surface area contributed by atoms with Crippen LogP contribution in [-0.4, -0.2) is 12.6 Å². The molecule has 1 saturated heterocycles. The van der Waals surface area contributed by atoms with E-state index >= 15 is 0 Å². The summed E-state index contributed by atoms with van der Waals surface area (Å²) in [6.45, 7) is 0.594. The molecule has 0 unspecified atom stereocenters. The predicted molar refractivity (Wildman–Crippen MR) is 53.8 cm³/mol. The van der Waals surface area contributed by atoms with Crippen LogP contribution in [0.25, 0.3) is 0 Å². The average molecular weight is 190 g/mol. The highest BCUT2D eigenvalue weighted by Crippen LogP contribution is 2.20. The highest BCUT2D eigenvalue weighted by atomic mass is 16.5. The van der Waals surface area contributed by atoms with Crippen molar-refractivity contribution in [2.75, 3.05) is 6.61 Å². The number of esters is 1. The fraction of sp³-hybridized carbons (Fsp3) is 0.417. The van der Waals surface area contributed by atoms with Crippen molar-refractivity contribution >= 4 is 5.97 Å². The molecule has 1 aromatic rings. The quantitative estimate of drug-likeness (QED) is 0.668. The van der Waals surface area contributed by atoms with Crippen LogP contribution < -0.4 is 0 Å². The Morgan fingerprint density at radius 2 is 2.07 bits per heavy atom. The summed E-state index contributed by atoms with van der Waals surface area (Å²) in [5.41, 5.74) is 1.31. The van der Waals surface area contributed by atoms with E-state index in [1.807, 2.05) is 18.2 Å². The Bertz CT molecular complexity index is 305. The standard InChI is InChI=1S/C12H14O2/c13-12-9-11(6-7-14-12)8-10-4-2-1-3-5-10/h1-5,11H,6-9H2/t11-/m0/s1. The van der Waals surface area contributed by atoms with Crippen molar-refractivity contribution < 1.29 is 9.53 Å². The molecule has 1 aliphatic rings. The van der Waals surface area contributed by atoms with Crippen LogP contribution in [0.4, 0.5) is 0 Å². The minimum absolute atomic E-state index is 0.0443. The van der Waals surface area contributed by atoms with Crippen LogP contribution >= 0.6 is 0 Å². The zero-order valence-corrected chi connectivity index (χ0v) is 8.11. The largest absolute Gasteiger partial charge is 0.466 e. The van der Waals surface area contributed by atoms with Crippen molar-refractivity contribution in [3.63, 3.8) is 0 Å². The molecule has 0 radical (unpaired) electrons. The van der Waals surface area contributed by atoms with Gasteiger partial charge in [-0.3, -0.25) is 4.79 Å². The van der Waals surface area contributed by atoms with Crippen LogP contribution in [0.1, 0.15) is 18.4 Å². The first-order valence-electron chi connectivity index (χ1n) is 5.04. The zero-order valence-electron chi connectivity index (χ0n) is 8.11. The monoisotopic (exact) mass is 190 g/mol. The van der Waals surface area contributed by atoms with E-state index in [0.717, 1.165) is 12.8 Å². The smallest absolute Gasteiger partial charge is 0.306 e. The fourth-order valence-electron chi connectivity index (χ4n) is 1.86. The van der Waals surface area contributed by atoms with Gasteiger partial charge in [0.05, 0.1) is 6.61 Å². The van der Waals surface area contributed by atoms with Gasteiger partial charge in [-0.15, -0.1) is 0 Å². The Hall–Kier alpha value is -1.31. The van der Waals surface area contributed by atoms with Gasteiger partial charge in [-0.25, -0.2) is 0 Å². The molecule has 0 aromatic heterocycles. The van der Waals surface area contributed by atoms with E-state index in [4.69, 9.17) is 4.74 Å². The van der Waals surface area contributed by atoms with Gasteiger partial charge in [0.15, 0.2) is 0 Å². The maximum Gasteiger partial charge on any atom is 0.306 e. The predicted octanol–water partition coefficient (Wildman–Crippen LogP) is 2.18. The number of carbonyl (C=O) groups is 1. The number of rotatable bonds is 2. The SMILES string of the molecule is O=C1C[C@H](Cc2ccccc2)CCO1. The fourth-order valence-corrected chi connectivity index (χ4v) is 1.86. The van der Waals surface area contributed by atoms with Crippen LogP contribution in [0.5, 0.6) is 0 Å². The molecule has 0 amide bonds. The van der Waals surface area contributed by atoms with Gasteiger partial charge in [0.1, 0.15) is 0 Å². The van der Waals surface area contributed by atoms with Crippen LogP contribution in [0.15, 0.2) is 30.3 Å². The summed E-state index contributed by atoms with van der Waals surface area (Å²) in [6.07, 6.45) is 2.57. The summed E-state index contributed by atoms with van der Waals surface area (Å²) in [6, 6.07) is 10.3. The minimum Gasteiger partial charge on any atom is -0.466 e. The first-order chi connectivity index (χ1) is 6.84. The molecule has 1 aromatic carbocycles. The van der Waals surface area contributed by atoms with Gasteiger partial charge in [0.2, 0.25) is 0 Å². The van der Waals surface area contributed by atoms with E-state index in [1.165, 1.54) is 5.56 Å². The molecule has 0 bridgehead atoms. The van der Waals surface area contributed by atoms with Crippen molar-refractivity contribution in [1.29, 1.82) is 0 Å². The van der Waals surface area contributed by atoms with Gasteiger partial charge < -0.3 is 4.74 Å². The lowest BCUT2D eigenvalue weighted by Crippen LogP contribution is -2.22. The molecule has 2 heteroatoms. The summed E-state index contributed by atoms with van der Waals surface area (Å²) in [4.78, 5) is 11.0. The maximum atomic E-state index is 11.0. The van der Waals surface area contributed by atoms with Gasteiger partial charge in [-0.2, -0.15) is 0 Å². The van der Waals surface area contributed by atoms with Gasteiger partial charge >= 0.3 is 5.97 Å². The number of cyclic esters (lactones) is 1. The summed E-state index contributed by atoms with van der Waals surface area (Å²) in [5, 5.41) is 0. The lowest BCUT2D eigenvalue weighted by atomic mass is 9.92. The third kappa shape index (κ3) is 2.34. The van der Waals surface area contributed by atoms with E-state index in [0.29, 0.717) is 18.9 Å². The molecule has 14 heavy (non-hydrogen) atoms. The third-order valence-electron chi connectivity index (χ3n) is 2.61. The Labute approximate surface area is 83.9 Å². The lowest BCUT2D eigenvalue weighted by molar-refractivity contribution is -0.149. The van der Waals surface area contributed by atoms with Crippen LogP contribution in [-0.2, 0) is 16.0 Å². The van der Waals surface area contributed by atoms with Crippen molar-refractivity contribution in [2.24, 2.45) is 5.92 Å². The number of carbonyl (C=O) groups excluding carboxylic acids is 1. The van der Waals surface area contributed by atoms with E-state index in [-0.39, 0.29) is 5.97 Å². The molecule has 1 fully saturated rings. The van der Waals surface area contributed by atoms with E-state index in [9.17, 15) is 4.79 Å². The first-order valence-corrected chi connectivity index (χ1v) is 5.04. The molecule has 2 rings (SSSR count). The second-order valence-electron chi connectivity index (χ2n) is 3.77. The molecule has 0 saturated carbocycles. The second kappa shape index (κ2) is 4.27. The summed E-state index contributed by atoms with van der Waals surface area (Å²) in [5.74, 6) is 0.427. The Kier molecular flexibility index (Phi) is 2.82. The molecular formula is C12H14O2. The molecule has 0 N–H and O–H groups in total. The van der Waals surface area contributed by atoms with Gasteiger partial charge in [0.25, 0.3) is 0 Å². The summed E-state index contributed by atoms with van der Waals surface area (Å²) < 4.78 is 4.91. The van der Waals surface area contributed by atoms with E-state index in [1.54, 1.807) is 0 Å². The van der Waals surface area contributed by atoms with Gasteiger partial charge in [0, 0.05) is 6.42 Å². The van der Waals surface area contributed by atoms with Crippen LogP contribution in [0.2, 0.25) is 0 Å². The maximum absolute atomic E-state index is 11.0. The second-order valence-corrected chi connectivity index (χ2v) is 3.77.